The van der Waals surface area contributed by atoms with Crippen molar-refractivity contribution in [1.29, 1.82) is 0 Å². The smallest absolute Gasteiger partial charge is 0.313 e. The van der Waals surface area contributed by atoms with Crippen LogP contribution in [0.5, 0.6) is 5.75 Å². The van der Waals surface area contributed by atoms with Crippen LogP contribution in [0.25, 0.3) is 0 Å². The molecule has 2 aromatic rings. The summed E-state index contributed by atoms with van der Waals surface area (Å²) in [5.74, 6) is -0.753. The molecule has 27 heavy (non-hydrogen) atoms. The highest BCUT2D eigenvalue weighted by molar-refractivity contribution is 6.39. The van der Waals surface area contributed by atoms with E-state index in [-0.39, 0.29) is 12.5 Å². The van der Waals surface area contributed by atoms with Gasteiger partial charge in [0.1, 0.15) is 5.75 Å². The molecule has 0 unspecified atom stereocenters. The average molecular weight is 367 g/mol. The Kier molecular flexibility index (Phi) is 5.71. The first-order valence-electron chi connectivity index (χ1n) is 8.69. The van der Waals surface area contributed by atoms with E-state index < -0.39 is 11.8 Å². The summed E-state index contributed by atoms with van der Waals surface area (Å²) >= 11 is 0. The van der Waals surface area contributed by atoms with Crippen LogP contribution < -0.4 is 20.3 Å². The number of anilines is 2. The molecule has 0 atom stereocenters. The second-order valence-corrected chi connectivity index (χ2v) is 6.19. The zero-order chi connectivity index (χ0) is 19.2. The number of nitrogens with zero attached hydrogens (tertiary/aromatic N) is 1. The van der Waals surface area contributed by atoms with Crippen molar-refractivity contribution in [3.63, 3.8) is 0 Å². The summed E-state index contributed by atoms with van der Waals surface area (Å²) in [5, 5.41) is 5.14. The van der Waals surface area contributed by atoms with Crippen LogP contribution in [0.4, 0.5) is 11.4 Å². The van der Waals surface area contributed by atoms with Crippen LogP contribution in [0.15, 0.2) is 48.5 Å². The van der Waals surface area contributed by atoms with Gasteiger partial charge in [-0.25, -0.2) is 0 Å². The Bertz CT molecular complexity index is 866. The van der Waals surface area contributed by atoms with E-state index in [4.69, 9.17) is 4.74 Å². The van der Waals surface area contributed by atoms with Gasteiger partial charge >= 0.3 is 11.8 Å². The number of nitrogens with one attached hydrogen (secondary N) is 2. The van der Waals surface area contributed by atoms with Gasteiger partial charge in [-0.3, -0.25) is 14.4 Å². The minimum Gasteiger partial charge on any atom is -0.497 e. The minimum absolute atomic E-state index is 0.0644. The van der Waals surface area contributed by atoms with E-state index in [1.165, 1.54) is 0 Å². The fourth-order valence-corrected chi connectivity index (χ4v) is 2.91. The van der Waals surface area contributed by atoms with Gasteiger partial charge in [0.2, 0.25) is 5.91 Å². The molecule has 1 saturated heterocycles. The summed E-state index contributed by atoms with van der Waals surface area (Å²) < 4.78 is 5.13. The second kappa shape index (κ2) is 8.35. The summed E-state index contributed by atoms with van der Waals surface area (Å²) in [6, 6.07) is 14.1. The first kappa shape index (κ1) is 18.4. The molecule has 3 rings (SSSR count). The standard InChI is InChI=1S/C20H21N3O4/c1-27-17-8-2-5-14(11-17)13-21-19(25)20(26)22-15-6-3-7-16(12-15)23-10-4-9-18(23)24/h2-3,5-8,11-12H,4,9-10,13H2,1H3,(H,21,25)(H,22,26). The van der Waals surface area contributed by atoms with E-state index in [2.05, 4.69) is 10.6 Å². The Labute approximate surface area is 157 Å². The summed E-state index contributed by atoms with van der Waals surface area (Å²) in [5.41, 5.74) is 2.01. The lowest BCUT2D eigenvalue weighted by molar-refractivity contribution is -0.136. The molecule has 2 aromatic carbocycles. The number of hydrogen-bond donors (Lipinski definition) is 2. The average Bonchev–Trinajstić information content (AvgIpc) is 3.12. The zero-order valence-electron chi connectivity index (χ0n) is 15.0. The molecule has 0 radical (unpaired) electrons. The number of rotatable bonds is 5. The predicted molar refractivity (Wildman–Crippen MR) is 101 cm³/mol. The molecule has 0 aliphatic carbocycles. The Morgan fingerprint density at radius 2 is 1.93 bits per heavy atom. The molecule has 3 amide bonds. The molecule has 0 bridgehead atoms. The summed E-state index contributed by atoms with van der Waals surface area (Å²) in [4.78, 5) is 37.7. The van der Waals surface area contributed by atoms with Gasteiger partial charge in [0.25, 0.3) is 0 Å². The van der Waals surface area contributed by atoms with E-state index >= 15 is 0 Å². The van der Waals surface area contributed by atoms with Gasteiger partial charge in [0, 0.05) is 30.9 Å². The molecular formula is C20H21N3O4. The van der Waals surface area contributed by atoms with E-state index in [1.807, 2.05) is 18.2 Å². The number of amides is 3. The Balaban J connectivity index is 1.58. The largest absolute Gasteiger partial charge is 0.497 e. The molecule has 7 heteroatoms. The fourth-order valence-electron chi connectivity index (χ4n) is 2.91. The van der Waals surface area contributed by atoms with E-state index in [9.17, 15) is 14.4 Å². The summed E-state index contributed by atoms with van der Waals surface area (Å²) in [6.45, 7) is 0.878. The molecule has 0 saturated carbocycles. The summed E-state index contributed by atoms with van der Waals surface area (Å²) in [7, 11) is 1.56. The van der Waals surface area contributed by atoms with Gasteiger partial charge in [-0.2, -0.15) is 0 Å². The topological polar surface area (TPSA) is 87.7 Å². The van der Waals surface area contributed by atoms with Crippen molar-refractivity contribution in [2.45, 2.75) is 19.4 Å². The fraction of sp³-hybridized carbons (Fsp3) is 0.250. The quantitative estimate of drug-likeness (QED) is 0.792. The lowest BCUT2D eigenvalue weighted by Gasteiger charge is -2.16. The van der Waals surface area contributed by atoms with Gasteiger partial charge in [-0.05, 0) is 42.3 Å². The van der Waals surface area contributed by atoms with E-state index in [0.717, 1.165) is 12.0 Å². The number of carbonyl (C=O) groups is 3. The zero-order valence-corrected chi connectivity index (χ0v) is 15.0. The van der Waals surface area contributed by atoms with Crippen LogP contribution in [0.3, 0.4) is 0 Å². The second-order valence-electron chi connectivity index (χ2n) is 6.19. The minimum atomic E-state index is -0.761. The molecule has 0 aromatic heterocycles. The van der Waals surface area contributed by atoms with Crippen molar-refractivity contribution in [2.24, 2.45) is 0 Å². The van der Waals surface area contributed by atoms with Gasteiger partial charge < -0.3 is 20.3 Å². The third-order valence-electron chi connectivity index (χ3n) is 4.28. The van der Waals surface area contributed by atoms with Crippen LogP contribution >= 0.6 is 0 Å². The Morgan fingerprint density at radius 1 is 1.11 bits per heavy atom. The van der Waals surface area contributed by atoms with Gasteiger partial charge in [-0.15, -0.1) is 0 Å². The third-order valence-corrected chi connectivity index (χ3v) is 4.28. The Morgan fingerprint density at radius 3 is 2.67 bits per heavy atom. The third kappa shape index (κ3) is 4.63. The van der Waals surface area contributed by atoms with Crippen LogP contribution in [-0.4, -0.2) is 31.4 Å². The van der Waals surface area contributed by atoms with Crippen molar-refractivity contribution in [3.05, 3.63) is 54.1 Å². The van der Waals surface area contributed by atoms with Gasteiger partial charge in [0.05, 0.1) is 7.11 Å². The number of benzene rings is 2. The highest BCUT2D eigenvalue weighted by Crippen LogP contribution is 2.24. The SMILES string of the molecule is COc1cccc(CNC(=O)C(=O)Nc2cccc(N3CCCC3=O)c2)c1. The van der Waals surface area contributed by atoms with E-state index in [1.54, 1.807) is 42.3 Å². The van der Waals surface area contributed by atoms with Crippen molar-refractivity contribution < 1.29 is 19.1 Å². The van der Waals surface area contributed by atoms with Gasteiger partial charge in [0.15, 0.2) is 0 Å². The van der Waals surface area contributed by atoms with Crippen LogP contribution in [-0.2, 0) is 20.9 Å². The molecule has 2 N–H and O–H groups in total. The van der Waals surface area contributed by atoms with Crippen molar-refractivity contribution in [1.82, 2.24) is 5.32 Å². The maximum Gasteiger partial charge on any atom is 0.313 e. The predicted octanol–water partition coefficient (Wildman–Crippen LogP) is 2.08. The molecule has 1 aliphatic rings. The number of hydrogen-bond acceptors (Lipinski definition) is 4. The van der Waals surface area contributed by atoms with Crippen LogP contribution in [0.2, 0.25) is 0 Å². The highest BCUT2D eigenvalue weighted by atomic mass is 16.5. The highest BCUT2D eigenvalue weighted by Gasteiger charge is 2.22. The Hall–Kier alpha value is -3.35. The van der Waals surface area contributed by atoms with Crippen molar-refractivity contribution >= 4 is 29.1 Å². The van der Waals surface area contributed by atoms with Gasteiger partial charge in [-0.1, -0.05) is 18.2 Å². The summed E-state index contributed by atoms with van der Waals surface area (Å²) in [6.07, 6.45) is 1.35. The van der Waals surface area contributed by atoms with E-state index in [0.29, 0.717) is 30.1 Å². The number of carbonyl (C=O) groups excluding carboxylic acids is 3. The van der Waals surface area contributed by atoms with Crippen molar-refractivity contribution in [3.8, 4) is 5.75 Å². The number of methoxy groups -OCH3 is 1. The first-order chi connectivity index (χ1) is 13.1. The number of ether oxygens (including phenoxy) is 1. The molecule has 1 aliphatic heterocycles. The molecule has 1 fully saturated rings. The first-order valence-corrected chi connectivity index (χ1v) is 8.69. The monoisotopic (exact) mass is 367 g/mol. The molecular weight excluding hydrogens is 346 g/mol. The van der Waals surface area contributed by atoms with Crippen molar-refractivity contribution in [2.75, 3.05) is 23.9 Å². The maximum atomic E-state index is 12.1. The molecule has 7 nitrogen and oxygen atoms in total. The lowest BCUT2D eigenvalue weighted by Crippen LogP contribution is -2.35. The molecule has 1 heterocycles. The normalized spacial score (nSPS) is 13.4. The molecule has 140 valence electrons. The lowest BCUT2D eigenvalue weighted by atomic mass is 10.2. The molecule has 0 spiro atoms. The van der Waals surface area contributed by atoms with Crippen LogP contribution in [0.1, 0.15) is 18.4 Å². The maximum absolute atomic E-state index is 12.1. The van der Waals surface area contributed by atoms with Crippen LogP contribution in [0, 0.1) is 0 Å².